The van der Waals surface area contributed by atoms with Crippen molar-refractivity contribution in [1.29, 1.82) is 0 Å². The van der Waals surface area contributed by atoms with Crippen LogP contribution in [-0.4, -0.2) is 27.7 Å². The monoisotopic (exact) mass is 315 g/mol. The number of rotatable bonds is 7. The van der Waals surface area contributed by atoms with E-state index in [1.54, 1.807) is 0 Å². The van der Waals surface area contributed by atoms with Crippen LogP contribution in [-0.2, 0) is 14.8 Å². The number of halogens is 1. The van der Waals surface area contributed by atoms with Crippen LogP contribution in [0.3, 0.4) is 0 Å². The molecule has 0 radical (unpaired) electrons. The van der Waals surface area contributed by atoms with Crippen LogP contribution >= 0.6 is 0 Å². The Morgan fingerprint density at radius 2 is 1.90 bits per heavy atom. The van der Waals surface area contributed by atoms with E-state index < -0.39 is 15.8 Å². The molecule has 1 N–H and O–H groups in total. The summed E-state index contributed by atoms with van der Waals surface area (Å²) in [6, 6.07) is 5.37. The minimum atomic E-state index is -3.78. The summed E-state index contributed by atoms with van der Waals surface area (Å²) in [5.41, 5.74) is 0. The molecule has 21 heavy (non-hydrogen) atoms. The maximum atomic E-state index is 13.5. The van der Waals surface area contributed by atoms with Crippen molar-refractivity contribution in [3.63, 3.8) is 0 Å². The van der Waals surface area contributed by atoms with Crippen molar-refractivity contribution in [2.45, 2.75) is 49.5 Å². The van der Waals surface area contributed by atoms with Crippen molar-refractivity contribution in [3.05, 3.63) is 30.1 Å². The molecule has 0 heterocycles. The van der Waals surface area contributed by atoms with Crippen molar-refractivity contribution in [2.24, 2.45) is 0 Å². The van der Waals surface area contributed by atoms with Gasteiger partial charge in [0.05, 0.1) is 6.10 Å². The molecule has 0 unspecified atom stereocenters. The van der Waals surface area contributed by atoms with E-state index in [2.05, 4.69) is 4.72 Å². The Kier molecular flexibility index (Phi) is 6.14. The van der Waals surface area contributed by atoms with Gasteiger partial charge in [-0.1, -0.05) is 31.4 Å². The quantitative estimate of drug-likeness (QED) is 0.787. The lowest BCUT2D eigenvalue weighted by Crippen LogP contribution is -2.27. The second kappa shape index (κ2) is 7.87. The summed E-state index contributed by atoms with van der Waals surface area (Å²) in [4.78, 5) is -0.307. The van der Waals surface area contributed by atoms with Gasteiger partial charge in [-0.05, 0) is 31.4 Å². The zero-order valence-corrected chi connectivity index (χ0v) is 12.9. The molecular formula is C15H22FNO3S. The topological polar surface area (TPSA) is 55.4 Å². The maximum absolute atomic E-state index is 13.5. The average molecular weight is 315 g/mol. The molecule has 1 aromatic rings. The highest BCUT2D eigenvalue weighted by Crippen LogP contribution is 2.20. The van der Waals surface area contributed by atoms with Crippen molar-refractivity contribution in [3.8, 4) is 0 Å². The lowest BCUT2D eigenvalue weighted by molar-refractivity contribution is 0.0278. The van der Waals surface area contributed by atoms with Crippen LogP contribution in [0, 0.1) is 5.82 Å². The lowest BCUT2D eigenvalue weighted by atomic mass is 9.98. The number of nitrogens with one attached hydrogen (secondary N) is 1. The minimum Gasteiger partial charge on any atom is -0.378 e. The molecule has 0 spiro atoms. The molecule has 1 aliphatic rings. The summed E-state index contributed by atoms with van der Waals surface area (Å²) in [6.45, 7) is 0.786. The van der Waals surface area contributed by atoms with Gasteiger partial charge in [-0.3, -0.25) is 0 Å². The Hall–Kier alpha value is -0.980. The van der Waals surface area contributed by atoms with Gasteiger partial charge in [-0.15, -0.1) is 0 Å². The van der Waals surface area contributed by atoms with Gasteiger partial charge in [0.2, 0.25) is 10.0 Å². The number of ether oxygens (including phenoxy) is 1. The van der Waals surface area contributed by atoms with Crippen LogP contribution in [0.1, 0.15) is 38.5 Å². The third-order valence-electron chi connectivity index (χ3n) is 3.65. The van der Waals surface area contributed by atoms with Crippen LogP contribution in [0.5, 0.6) is 0 Å². The van der Waals surface area contributed by atoms with Gasteiger partial charge in [-0.25, -0.2) is 17.5 Å². The largest absolute Gasteiger partial charge is 0.378 e. The van der Waals surface area contributed by atoms with Crippen molar-refractivity contribution < 1.29 is 17.5 Å². The van der Waals surface area contributed by atoms with E-state index in [9.17, 15) is 12.8 Å². The highest BCUT2D eigenvalue weighted by Gasteiger charge is 2.18. The highest BCUT2D eigenvalue weighted by molar-refractivity contribution is 7.89. The Morgan fingerprint density at radius 3 is 2.62 bits per heavy atom. The summed E-state index contributed by atoms with van der Waals surface area (Å²) >= 11 is 0. The summed E-state index contributed by atoms with van der Waals surface area (Å²) in [7, 11) is -3.78. The Bertz CT molecular complexity index is 542. The molecule has 1 aromatic carbocycles. The van der Waals surface area contributed by atoms with E-state index in [1.165, 1.54) is 37.5 Å². The molecule has 4 nitrogen and oxygen atoms in total. The molecule has 0 atom stereocenters. The van der Waals surface area contributed by atoms with Crippen LogP contribution < -0.4 is 4.72 Å². The second-order valence-corrected chi connectivity index (χ2v) is 7.05. The molecule has 1 fully saturated rings. The first kappa shape index (κ1) is 16.4. The number of sulfonamides is 1. The van der Waals surface area contributed by atoms with Gasteiger partial charge in [0.15, 0.2) is 0 Å². The van der Waals surface area contributed by atoms with Crippen LogP contribution in [0.4, 0.5) is 4.39 Å². The van der Waals surface area contributed by atoms with E-state index in [1.807, 2.05) is 0 Å². The Morgan fingerprint density at radius 1 is 1.19 bits per heavy atom. The molecule has 0 aromatic heterocycles. The predicted octanol–water partition coefficient (Wildman–Crippen LogP) is 2.84. The first-order valence-electron chi connectivity index (χ1n) is 7.45. The summed E-state index contributed by atoms with van der Waals surface area (Å²) in [5, 5.41) is 0. The normalized spacial score (nSPS) is 17.0. The number of benzene rings is 1. The molecule has 1 aliphatic carbocycles. The smallest absolute Gasteiger partial charge is 0.243 e. The molecule has 0 amide bonds. The van der Waals surface area contributed by atoms with Crippen LogP contribution in [0.25, 0.3) is 0 Å². The second-order valence-electron chi connectivity index (χ2n) is 5.31. The van der Waals surface area contributed by atoms with Crippen molar-refractivity contribution in [1.82, 2.24) is 4.72 Å². The van der Waals surface area contributed by atoms with Gasteiger partial charge in [0, 0.05) is 13.2 Å². The van der Waals surface area contributed by atoms with E-state index in [-0.39, 0.29) is 11.4 Å². The van der Waals surface area contributed by atoms with E-state index in [0.29, 0.717) is 19.1 Å². The Balaban J connectivity index is 1.71. The summed E-state index contributed by atoms with van der Waals surface area (Å²) in [5.74, 6) is -0.733. The van der Waals surface area contributed by atoms with Crippen molar-refractivity contribution in [2.75, 3.05) is 13.2 Å². The zero-order valence-electron chi connectivity index (χ0n) is 12.1. The molecule has 2 rings (SSSR count). The van der Waals surface area contributed by atoms with Gasteiger partial charge < -0.3 is 4.74 Å². The van der Waals surface area contributed by atoms with Gasteiger partial charge in [-0.2, -0.15) is 0 Å². The third kappa shape index (κ3) is 5.05. The molecular weight excluding hydrogens is 293 g/mol. The fourth-order valence-corrected chi connectivity index (χ4v) is 3.65. The molecule has 0 bridgehead atoms. The van der Waals surface area contributed by atoms with E-state index in [0.717, 1.165) is 18.9 Å². The summed E-state index contributed by atoms with van der Waals surface area (Å²) in [6.07, 6.45) is 6.81. The molecule has 0 aliphatic heterocycles. The van der Waals surface area contributed by atoms with E-state index in [4.69, 9.17) is 4.74 Å². The Labute approximate surface area is 125 Å². The molecule has 118 valence electrons. The highest BCUT2D eigenvalue weighted by atomic mass is 32.2. The van der Waals surface area contributed by atoms with E-state index >= 15 is 0 Å². The number of hydrogen-bond donors (Lipinski definition) is 1. The fraction of sp³-hybridized carbons (Fsp3) is 0.600. The SMILES string of the molecule is O=S(=O)(NCCCOC1CCCCC1)c1ccccc1F. The predicted molar refractivity (Wildman–Crippen MR) is 79.0 cm³/mol. The standard InChI is InChI=1S/C15H22FNO3S/c16-14-9-4-5-10-15(14)21(18,19)17-11-6-12-20-13-7-2-1-3-8-13/h4-5,9-10,13,17H,1-3,6-8,11-12H2. The zero-order chi connectivity index (χ0) is 15.1. The fourth-order valence-electron chi connectivity index (χ4n) is 2.50. The average Bonchev–Trinajstić information content (AvgIpc) is 2.48. The molecule has 0 saturated heterocycles. The number of hydrogen-bond acceptors (Lipinski definition) is 3. The third-order valence-corrected chi connectivity index (χ3v) is 5.14. The van der Waals surface area contributed by atoms with Crippen LogP contribution in [0.2, 0.25) is 0 Å². The lowest BCUT2D eigenvalue weighted by Gasteiger charge is -2.21. The van der Waals surface area contributed by atoms with Crippen molar-refractivity contribution >= 4 is 10.0 Å². The first-order valence-corrected chi connectivity index (χ1v) is 8.94. The molecule has 6 heteroatoms. The van der Waals surface area contributed by atoms with Gasteiger partial charge in [0.25, 0.3) is 0 Å². The molecule has 1 saturated carbocycles. The van der Waals surface area contributed by atoms with Gasteiger partial charge >= 0.3 is 0 Å². The first-order chi connectivity index (χ1) is 10.1. The van der Waals surface area contributed by atoms with Gasteiger partial charge in [0.1, 0.15) is 10.7 Å². The minimum absolute atomic E-state index is 0.253. The maximum Gasteiger partial charge on any atom is 0.243 e. The van der Waals surface area contributed by atoms with Crippen LogP contribution in [0.15, 0.2) is 29.2 Å². The summed E-state index contributed by atoms with van der Waals surface area (Å²) < 4.78 is 45.4.